The van der Waals surface area contributed by atoms with E-state index in [-0.39, 0.29) is 28.8 Å². The van der Waals surface area contributed by atoms with Crippen LogP contribution in [0.2, 0.25) is 0 Å². The number of carbonyl (C=O) groups is 3. The van der Waals surface area contributed by atoms with Crippen molar-refractivity contribution in [1.29, 1.82) is 0 Å². The van der Waals surface area contributed by atoms with E-state index in [0.29, 0.717) is 30.4 Å². The molecule has 0 spiro atoms. The predicted octanol–water partition coefficient (Wildman–Crippen LogP) is 6.61. The molecule has 3 unspecified atom stereocenters. The maximum absolute atomic E-state index is 12.9. The lowest BCUT2D eigenvalue weighted by Gasteiger charge is -2.57. The molecule has 4 aliphatic rings. The number of para-hydroxylation sites is 1. The van der Waals surface area contributed by atoms with Crippen molar-refractivity contribution in [1.82, 2.24) is 4.90 Å². The van der Waals surface area contributed by atoms with Crippen molar-refractivity contribution < 1.29 is 23.9 Å². The Balaban J connectivity index is 1.43. The van der Waals surface area contributed by atoms with Gasteiger partial charge in [-0.05, 0) is 61.0 Å². The molecule has 7 nitrogen and oxygen atoms in total. The van der Waals surface area contributed by atoms with Crippen LogP contribution in [0.15, 0.2) is 53.6 Å². The van der Waals surface area contributed by atoms with E-state index in [1.807, 2.05) is 30.3 Å². The van der Waals surface area contributed by atoms with Gasteiger partial charge in [0.2, 0.25) is 0 Å². The number of fused-ring (bicyclic) bond motifs is 5. The summed E-state index contributed by atoms with van der Waals surface area (Å²) in [5.41, 5.74) is 3.03. The van der Waals surface area contributed by atoms with Crippen LogP contribution in [0.5, 0.6) is 0 Å². The van der Waals surface area contributed by atoms with Crippen molar-refractivity contribution in [2.75, 3.05) is 19.4 Å². The number of hydrogen-bond donors (Lipinski definition) is 1. The molecule has 210 valence electrons. The Morgan fingerprint density at radius 3 is 2.49 bits per heavy atom. The van der Waals surface area contributed by atoms with Gasteiger partial charge in [0.05, 0.1) is 0 Å². The molecule has 0 heterocycles. The third kappa shape index (κ3) is 4.78. The van der Waals surface area contributed by atoms with Crippen molar-refractivity contribution in [3.05, 3.63) is 53.6 Å². The van der Waals surface area contributed by atoms with Gasteiger partial charge in [-0.25, -0.2) is 9.59 Å². The maximum Gasteiger partial charge on any atom is 0.411 e. The summed E-state index contributed by atoms with van der Waals surface area (Å²) < 4.78 is 12.1. The molecule has 4 aliphatic carbocycles. The average molecular weight is 535 g/mol. The zero-order chi connectivity index (χ0) is 27.9. The van der Waals surface area contributed by atoms with Gasteiger partial charge in [-0.15, -0.1) is 0 Å². The molecule has 0 radical (unpaired) electrons. The van der Waals surface area contributed by atoms with Gasteiger partial charge >= 0.3 is 12.2 Å². The normalized spacial score (nSPS) is 35.7. The highest BCUT2D eigenvalue weighted by atomic mass is 16.6. The van der Waals surface area contributed by atoms with Gasteiger partial charge < -0.3 is 19.2 Å². The van der Waals surface area contributed by atoms with Gasteiger partial charge in [0.15, 0.2) is 0 Å². The average Bonchev–Trinajstić information content (AvgIpc) is 3.26. The van der Waals surface area contributed by atoms with Crippen LogP contribution in [-0.4, -0.2) is 49.7 Å². The van der Waals surface area contributed by atoms with E-state index in [1.165, 1.54) is 16.0 Å². The Morgan fingerprint density at radius 1 is 1.05 bits per heavy atom. The Kier molecular flexibility index (Phi) is 7.38. The lowest BCUT2D eigenvalue weighted by atomic mass is 9.49. The van der Waals surface area contributed by atoms with E-state index >= 15 is 0 Å². The largest absolute Gasteiger partial charge is 0.446 e. The first kappa shape index (κ1) is 27.5. The summed E-state index contributed by atoms with van der Waals surface area (Å²) in [6.45, 7) is 6.69. The maximum atomic E-state index is 12.9. The first-order valence-corrected chi connectivity index (χ1v) is 14.3. The van der Waals surface area contributed by atoms with Crippen LogP contribution < -0.4 is 5.32 Å². The summed E-state index contributed by atoms with van der Waals surface area (Å²) >= 11 is 0. The Bertz CT molecular complexity index is 1180. The minimum absolute atomic E-state index is 0.0610. The van der Waals surface area contributed by atoms with Crippen LogP contribution in [-0.2, 0) is 14.3 Å². The topological polar surface area (TPSA) is 84.9 Å². The number of rotatable bonds is 5. The number of nitrogens with one attached hydrogen (secondary N) is 1. The van der Waals surface area contributed by atoms with Crippen molar-refractivity contribution in [2.24, 2.45) is 34.5 Å². The number of hydrogen-bond acceptors (Lipinski definition) is 5. The Hall–Kier alpha value is -3.09. The molecule has 3 fully saturated rings. The molecule has 1 N–H and O–H groups in total. The summed E-state index contributed by atoms with van der Waals surface area (Å²) in [6, 6.07) is 9.24. The van der Waals surface area contributed by atoms with Crippen molar-refractivity contribution in [3.8, 4) is 0 Å². The Morgan fingerprint density at radius 2 is 1.79 bits per heavy atom. The molecule has 8 atom stereocenters. The smallest absolute Gasteiger partial charge is 0.411 e. The summed E-state index contributed by atoms with van der Waals surface area (Å²) in [5.74, 6) is 1.13. The monoisotopic (exact) mass is 534 g/mol. The van der Waals surface area contributed by atoms with E-state index in [1.54, 1.807) is 14.1 Å². The summed E-state index contributed by atoms with van der Waals surface area (Å²) in [6.07, 6.45) is 9.19. The Labute approximate surface area is 232 Å². The molecule has 39 heavy (non-hydrogen) atoms. The van der Waals surface area contributed by atoms with Crippen LogP contribution in [0.1, 0.15) is 59.3 Å². The highest BCUT2D eigenvalue weighted by Gasteiger charge is 2.60. The number of allylic oxidation sites excluding steroid dienone is 3. The van der Waals surface area contributed by atoms with Crippen molar-refractivity contribution in [2.45, 2.75) is 71.5 Å². The van der Waals surface area contributed by atoms with E-state index in [2.05, 4.69) is 38.2 Å². The van der Waals surface area contributed by atoms with Crippen molar-refractivity contribution >= 4 is 24.2 Å². The SMILES string of the molecule is CC(C=O)[C@H]1CC[C@H]2C3=CC=C4CC(OC(=O)Nc5ccccc5)CC(OC(=O)N(C)C)[C@]4(C)[C@H]3CC[C@]12C. The second-order valence-electron chi connectivity index (χ2n) is 12.7. The third-order valence-corrected chi connectivity index (χ3v) is 10.4. The molecule has 1 aromatic carbocycles. The van der Waals surface area contributed by atoms with Crippen LogP contribution in [0.3, 0.4) is 0 Å². The fraction of sp³-hybridized carbons (Fsp3) is 0.594. The molecule has 5 rings (SSSR count). The van der Waals surface area contributed by atoms with E-state index in [0.717, 1.165) is 32.0 Å². The molecule has 3 saturated carbocycles. The summed E-state index contributed by atoms with van der Waals surface area (Å²) in [7, 11) is 3.38. The second kappa shape index (κ2) is 10.5. The van der Waals surface area contributed by atoms with Crippen molar-refractivity contribution in [3.63, 3.8) is 0 Å². The van der Waals surface area contributed by atoms with Gasteiger partial charge in [-0.3, -0.25) is 5.32 Å². The van der Waals surface area contributed by atoms with Gasteiger partial charge in [0.25, 0.3) is 0 Å². The highest BCUT2D eigenvalue weighted by Crippen LogP contribution is 2.66. The standard InChI is InChI=1S/C32H42N2O5/c1-20(19-35)25-13-14-26-24-12-11-21-17-23(38-29(36)33-22-9-7-6-8-10-22)18-28(39-30(37)34(4)5)32(21,3)27(24)15-16-31(25,26)2/h6-12,19-20,23,25-28H,13-18H2,1-5H3,(H,33,36)/t20?,23?,25-,26+,27+,28?,31-,32+/m1/s1. The molecule has 0 aromatic heterocycles. The lowest BCUT2D eigenvalue weighted by molar-refractivity contribution is -0.114. The molecule has 1 aromatic rings. The van der Waals surface area contributed by atoms with Gasteiger partial charge in [-0.2, -0.15) is 0 Å². The number of aldehydes is 1. The van der Waals surface area contributed by atoms with Crippen LogP contribution in [0, 0.1) is 34.5 Å². The highest BCUT2D eigenvalue weighted by molar-refractivity contribution is 5.84. The minimum Gasteiger partial charge on any atom is -0.446 e. The quantitative estimate of drug-likeness (QED) is 0.430. The van der Waals surface area contributed by atoms with Crippen LogP contribution in [0.25, 0.3) is 0 Å². The predicted molar refractivity (Wildman–Crippen MR) is 150 cm³/mol. The lowest BCUT2D eigenvalue weighted by Crippen LogP contribution is -2.54. The van der Waals surface area contributed by atoms with Gasteiger partial charge in [0.1, 0.15) is 18.5 Å². The number of nitrogens with zero attached hydrogens (tertiary/aromatic N) is 1. The number of carbonyl (C=O) groups excluding carboxylic acids is 3. The zero-order valence-electron chi connectivity index (χ0n) is 23.8. The molecule has 7 heteroatoms. The number of benzene rings is 1. The number of amides is 2. The van der Waals surface area contributed by atoms with E-state index < -0.39 is 18.3 Å². The fourth-order valence-electron chi connectivity index (χ4n) is 8.31. The summed E-state index contributed by atoms with van der Waals surface area (Å²) in [5, 5.41) is 2.80. The molecular weight excluding hydrogens is 492 g/mol. The zero-order valence-corrected chi connectivity index (χ0v) is 23.8. The first-order valence-electron chi connectivity index (χ1n) is 14.3. The van der Waals surface area contributed by atoms with Crippen LogP contribution in [0.4, 0.5) is 15.3 Å². The molecule has 0 saturated heterocycles. The van der Waals surface area contributed by atoms with Gasteiger partial charge in [-0.1, -0.05) is 62.3 Å². The van der Waals surface area contributed by atoms with Gasteiger partial charge in [0, 0.05) is 44.0 Å². The van der Waals surface area contributed by atoms with E-state index in [9.17, 15) is 14.4 Å². The molecule has 0 bridgehead atoms. The molecule has 0 aliphatic heterocycles. The third-order valence-electron chi connectivity index (χ3n) is 10.4. The second-order valence-corrected chi connectivity index (χ2v) is 12.7. The fourth-order valence-corrected chi connectivity index (χ4v) is 8.31. The first-order chi connectivity index (χ1) is 18.6. The van der Waals surface area contributed by atoms with Crippen LogP contribution >= 0.6 is 0 Å². The minimum atomic E-state index is -0.505. The molecule has 2 amide bonds. The summed E-state index contributed by atoms with van der Waals surface area (Å²) in [4.78, 5) is 38.8. The van der Waals surface area contributed by atoms with E-state index in [4.69, 9.17) is 9.47 Å². The number of anilines is 1. The number of ether oxygens (including phenoxy) is 2. The molecular formula is C32H42N2O5.